The minimum atomic E-state index is -4.68. The van der Waals surface area contributed by atoms with Gasteiger partial charge in [0.1, 0.15) is 11.6 Å². The second kappa shape index (κ2) is 8.96. The van der Waals surface area contributed by atoms with Crippen molar-refractivity contribution in [2.45, 2.75) is 56.4 Å². The molecule has 1 aromatic rings. The predicted molar refractivity (Wildman–Crippen MR) is 118 cm³/mol. The van der Waals surface area contributed by atoms with E-state index in [0.717, 1.165) is 25.7 Å². The summed E-state index contributed by atoms with van der Waals surface area (Å²) in [6.45, 7) is 2.14. The number of halogens is 3. The highest BCUT2D eigenvalue weighted by atomic mass is 32.2. The van der Waals surface area contributed by atoms with Gasteiger partial charge in [0.15, 0.2) is 9.84 Å². The number of hydrogen-bond acceptors (Lipinski definition) is 7. The van der Waals surface area contributed by atoms with Crippen LogP contribution in [0.2, 0.25) is 0 Å². The van der Waals surface area contributed by atoms with Gasteiger partial charge in [0, 0.05) is 45.8 Å². The molecule has 1 unspecified atom stereocenters. The molecule has 1 atom stereocenters. The third-order valence-corrected chi connectivity index (χ3v) is 9.27. The zero-order valence-corrected chi connectivity index (χ0v) is 19.3. The molecule has 0 amide bonds. The van der Waals surface area contributed by atoms with Gasteiger partial charge >= 0.3 is 6.18 Å². The molecule has 32 heavy (non-hydrogen) atoms. The molecule has 180 valence electrons. The summed E-state index contributed by atoms with van der Waals surface area (Å²) in [4.78, 5) is 11.1. The average molecular weight is 476 g/mol. The van der Waals surface area contributed by atoms with Crippen LogP contribution in [0.4, 0.5) is 24.8 Å². The van der Waals surface area contributed by atoms with Crippen LogP contribution in [0.15, 0.2) is 6.07 Å². The fraction of sp³-hybridized carbons (Fsp3) is 0.810. The number of nitrogens with zero attached hydrogens (tertiary/aromatic N) is 4. The van der Waals surface area contributed by atoms with Crippen molar-refractivity contribution in [3.63, 3.8) is 0 Å². The third-order valence-electron chi connectivity index (χ3n) is 7.16. The number of hydrogen-bond donors (Lipinski definition) is 1. The van der Waals surface area contributed by atoms with Crippen molar-refractivity contribution in [3.05, 3.63) is 11.9 Å². The molecule has 1 aliphatic carbocycles. The van der Waals surface area contributed by atoms with Crippen LogP contribution in [0.1, 0.15) is 50.8 Å². The van der Waals surface area contributed by atoms with Crippen LogP contribution >= 0.6 is 0 Å². The molecule has 11 heteroatoms. The largest absolute Gasteiger partial charge is 0.451 e. The normalized spacial score (nSPS) is 25.6. The summed E-state index contributed by atoms with van der Waals surface area (Å²) < 4.78 is 65.7. The molecule has 0 radical (unpaired) electrons. The van der Waals surface area contributed by atoms with Gasteiger partial charge in [-0.05, 0) is 31.1 Å². The molecule has 1 saturated carbocycles. The molecular formula is C21H32F3N5O2S. The molecule has 1 N–H and O–H groups in total. The van der Waals surface area contributed by atoms with E-state index in [1.54, 1.807) is 13.1 Å². The van der Waals surface area contributed by atoms with Crippen molar-refractivity contribution < 1.29 is 21.6 Å². The second-order valence-electron chi connectivity index (χ2n) is 9.57. The van der Waals surface area contributed by atoms with Gasteiger partial charge in [-0.15, -0.1) is 0 Å². The summed E-state index contributed by atoms with van der Waals surface area (Å²) in [5, 5.41) is 2.37. The van der Waals surface area contributed by atoms with Crippen LogP contribution in [0, 0.1) is 5.41 Å². The van der Waals surface area contributed by atoms with E-state index < -0.39 is 27.1 Å². The molecule has 4 rings (SSSR count). The first-order valence-corrected chi connectivity index (χ1v) is 13.1. The summed E-state index contributed by atoms with van der Waals surface area (Å²) in [5.74, 6) is -0.760. The van der Waals surface area contributed by atoms with Crippen LogP contribution in [-0.4, -0.2) is 69.2 Å². The van der Waals surface area contributed by atoms with Crippen molar-refractivity contribution in [1.82, 2.24) is 15.3 Å². The Labute approximate surface area is 187 Å². The van der Waals surface area contributed by atoms with Crippen LogP contribution < -0.4 is 15.1 Å². The summed E-state index contributed by atoms with van der Waals surface area (Å²) in [5.41, 5.74) is 0.160. The maximum absolute atomic E-state index is 13.6. The molecule has 1 spiro atoms. The first kappa shape index (κ1) is 23.5. The van der Waals surface area contributed by atoms with Crippen molar-refractivity contribution in [1.29, 1.82) is 0 Å². The molecule has 3 aliphatic rings. The Morgan fingerprint density at radius 2 is 1.91 bits per heavy atom. The van der Waals surface area contributed by atoms with Crippen molar-refractivity contribution in [3.8, 4) is 0 Å². The van der Waals surface area contributed by atoms with E-state index in [1.165, 1.54) is 24.2 Å². The monoisotopic (exact) mass is 475 g/mol. The number of nitrogens with one attached hydrogen (secondary N) is 1. The van der Waals surface area contributed by atoms with Gasteiger partial charge in [-0.2, -0.15) is 13.2 Å². The van der Waals surface area contributed by atoms with Crippen molar-refractivity contribution >= 4 is 21.5 Å². The fourth-order valence-electron chi connectivity index (χ4n) is 5.37. The maximum atomic E-state index is 13.6. The molecule has 3 fully saturated rings. The Morgan fingerprint density at radius 3 is 2.59 bits per heavy atom. The fourth-order valence-corrected chi connectivity index (χ4v) is 6.95. The van der Waals surface area contributed by atoms with Crippen LogP contribution in [-0.2, 0) is 16.0 Å². The Kier molecular flexibility index (Phi) is 6.59. The highest BCUT2D eigenvalue weighted by molar-refractivity contribution is 7.92. The molecule has 0 bridgehead atoms. The minimum Gasteiger partial charge on any atom is -0.358 e. The predicted octanol–water partition coefficient (Wildman–Crippen LogP) is 2.87. The molecular weight excluding hydrogens is 443 g/mol. The van der Waals surface area contributed by atoms with E-state index in [4.69, 9.17) is 0 Å². The quantitative estimate of drug-likeness (QED) is 0.718. The molecule has 3 heterocycles. The Hall–Kier alpha value is -1.62. The van der Waals surface area contributed by atoms with Gasteiger partial charge in [-0.1, -0.05) is 19.3 Å². The summed E-state index contributed by atoms with van der Waals surface area (Å²) in [7, 11) is -1.70. The van der Waals surface area contributed by atoms with E-state index in [0.29, 0.717) is 19.6 Å². The lowest BCUT2D eigenvalue weighted by Crippen LogP contribution is -2.49. The number of sulfone groups is 1. The van der Waals surface area contributed by atoms with E-state index in [1.807, 2.05) is 4.90 Å². The van der Waals surface area contributed by atoms with Gasteiger partial charge < -0.3 is 15.1 Å². The van der Waals surface area contributed by atoms with Gasteiger partial charge in [0.2, 0.25) is 5.82 Å². The van der Waals surface area contributed by atoms with Gasteiger partial charge in [-0.25, -0.2) is 18.4 Å². The molecule has 2 aliphatic heterocycles. The molecule has 7 nitrogen and oxygen atoms in total. The van der Waals surface area contributed by atoms with E-state index >= 15 is 0 Å². The van der Waals surface area contributed by atoms with E-state index in [9.17, 15) is 21.6 Å². The zero-order valence-electron chi connectivity index (χ0n) is 18.5. The molecule has 1 aromatic heterocycles. The second-order valence-corrected chi connectivity index (χ2v) is 12.0. The SMILES string of the molecule is CN(CC1CNCCS1(=O)=O)c1cc(N2CCCC3(CCCCC3)C2)nc(C(F)(F)F)n1. The minimum absolute atomic E-state index is 0.0319. The summed E-state index contributed by atoms with van der Waals surface area (Å²) in [6, 6.07) is 1.58. The number of alkyl halides is 3. The maximum Gasteiger partial charge on any atom is 0.451 e. The standard InChI is InChI=1S/C21H32F3N5O2S/c1-28(14-16-13-25-9-11-32(16,30)31)17-12-18(27-19(26-17)21(22,23)24)29-10-5-8-20(15-29)6-3-2-4-7-20/h12,16,25H,2-11,13-15H2,1H3. The lowest BCUT2D eigenvalue weighted by Gasteiger charge is -2.46. The summed E-state index contributed by atoms with van der Waals surface area (Å²) in [6.07, 6.45) is 3.15. The highest BCUT2D eigenvalue weighted by Crippen LogP contribution is 2.44. The van der Waals surface area contributed by atoms with Gasteiger partial charge in [0.05, 0.1) is 11.0 Å². The first-order valence-electron chi connectivity index (χ1n) is 11.4. The zero-order chi connectivity index (χ0) is 23.0. The Balaban J connectivity index is 1.61. The number of piperidine rings is 1. The summed E-state index contributed by atoms with van der Waals surface area (Å²) >= 11 is 0. The number of anilines is 2. The topological polar surface area (TPSA) is 78.4 Å². The number of aromatic nitrogens is 2. The first-order chi connectivity index (χ1) is 15.1. The molecule has 2 saturated heterocycles. The average Bonchev–Trinajstić information content (AvgIpc) is 2.75. The molecule has 0 aromatic carbocycles. The van der Waals surface area contributed by atoms with Crippen LogP contribution in [0.25, 0.3) is 0 Å². The van der Waals surface area contributed by atoms with Crippen molar-refractivity contribution in [2.24, 2.45) is 5.41 Å². The lowest BCUT2D eigenvalue weighted by molar-refractivity contribution is -0.144. The van der Waals surface area contributed by atoms with Crippen molar-refractivity contribution in [2.75, 3.05) is 55.3 Å². The van der Waals surface area contributed by atoms with Crippen LogP contribution in [0.5, 0.6) is 0 Å². The third kappa shape index (κ3) is 5.13. The van der Waals surface area contributed by atoms with E-state index in [2.05, 4.69) is 15.3 Å². The van der Waals surface area contributed by atoms with E-state index in [-0.39, 0.29) is 35.9 Å². The van der Waals surface area contributed by atoms with Gasteiger partial charge in [0.25, 0.3) is 0 Å². The highest BCUT2D eigenvalue weighted by Gasteiger charge is 2.40. The van der Waals surface area contributed by atoms with Crippen LogP contribution in [0.3, 0.4) is 0 Å². The van der Waals surface area contributed by atoms with Gasteiger partial charge in [-0.3, -0.25) is 0 Å². The lowest BCUT2D eigenvalue weighted by atomic mass is 9.69. The smallest absolute Gasteiger partial charge is 0.358 e. The Morgan fingerprint density at radius 1 is 1.19 bits per heavy atom. The number of rotatable bonds is 4. The Bertz CT molecular complexity index is 913.